The van der Waals surface area contributed by atoms with E-state index < -0.39 is 12.3 Å². The maximum Gasteiger partial charge on any atom is 0.418 e. The number of hydrogen-bond donors (Lipinski definition) is 3. The van der Waals surface area contributed by atoms with E-state index in [1.165, 1.54) is 6.07 Å². The maximum atomic E-state index is 12.8. The highest BCUT2D eigenvalue weighted by Crippen LogP contribution is 2.39. The number of aliphatic hydroxyl groups excluding tert-OH is 1. The number of aromatic amines is 1. The Bertz CT molecular complexity index is 663. The molecular weight excluding hydrogens is 309 g/mol. The highest BCUT2D eigenvalue weighted by molar-refractivity contribution is 5.91. The number of likely N-dealkylation sites (N-methyl/N-ethyl adjacent to an activating group) is 1. The van der Waals surface area contributed by atoms with Crippen molar-refractivity contribution in [3.63, 3.8) is 0 Å². The van der Waals surface area contributed by atoms with Crippen molar-refractivity contribution in [2.75, 3.05) is 19.6 Å². The molecule has 1 atom stereocenters. The molecule has 2 rings (SSSR count). The molecule has 1 unspecified atom stereocenters. The molecule has 0 saturated carbocycles. The van der Waals surface area contributed by atoms with E-state index in [2.05, 4.69) is 9.88 Å². The number of H-pyrrole nitrogens is 1. The Balaban J connectivity index is 2.39. The molecule has 2 aromatic rings. The molecule has 0 spiro atoms. The van der Waals surface area contributed by atoms with E-state index in [0.717, 1.165) is 31.3 Å². The molecule has 23 heavy (non-hydrogen) atoms. The predicted molar refractivity (Wildman–Crippen MR) is 82.5 cm³/mol. The second-order valence-corrected chi connectivity index (χ2v) is 5.46. The first-order chi connectivity index (χ1) is 10.8. The summed E-state index contributed by atoms with van der Waals surface area (Å²) in [5.74, 6) is -0.0890. The standard InChI is InChI=1S/C16H21F3N2O2/c1-3-21(4-2)8-7-10-9-20-14-11(15(23)16(17,18)19)5-6-12(22)13(10)14/h5-6,9,15,20,22-23H,3-4,7-8H2,1-2H3. The number of nitrogens with zero attached hydrogens (tertiary/aromatic N) is 1. The summed E-state index contributed by atoms with van der Waals surface area (Å²) in [6.45, 7) is 6.57. The van der Waals surface area contributed by atoms with Crippen LogP contribution in [0.3, 0.4) is 0 Å². The normalized spacial score (nSPS) is 13.9. The Morgan fingerprint density at radius 1 is 1.22 bits per heavy atom. The third kappa shape index (κ3) is 3.61. The number of phenols is 1. The molecule has 1 aromatic carbocycles. The first-order valence-corrected chi connectivity index (χ1v) is 7.58. The van der Waals surface area contributed by atoms with Gasteiger partial charge in [-0.25, -0.2) is 0 Å². The van der Waals surface area contributed by atoms with E-state index in [1.807, 2.05) is 13.8 Å². The average Bonchev–Trinajstić information content (AvgIpc) is 2.92. The van der Waals surface area contributed by atoms with Crippen LogP contribution in [0.25, 0.3) is 10.9 Å². The van der Waals surface area contributed by atoms with E-state index in [9.17, 15) is 23.4 Å². The molecule has 4 nitrogen and oxygen atoms in total. The van der Waals surface area contributed by atoms with Gasteiger partial charge >= 0.3 is 6.18 Å². The third-order valence-corrected chi connectivity index (χ3v) is 4.12. The number of benzene rings is 1. The molecule has 0 aliphatic heterocycles. The summed E-state index contributed by atoms with van der Waals surface area (Å²) in [7, 11) is 0. The van der Waals surface area contributed by atoms with Gasteiger partial charge in [0.25, 0.3) is 0 Å². The second-order valence-electron chi connectivity index (χ2n) is 5.46. The summed E-state index contributed by atoms with van der Waals surface area (Å²) in [6.07, 6.45) is -5.14. The molecule has 1 aromatic heterocycles. The second kappa shape index (κ2) is 6.80. The predicted octanol–water partition coefficient (Wildman–Crippen LogP) is 3.35. The van der Waals surface area contributed by atoms with Crippen LogP contribution in [0, 0.1) is 0 Å². The molecule has 0 aliphatic carbocycles. The molecular formula is C16H21F3N2O2. The van der Waals surface area contributed by atoms with Crippen LogP contribution in [0.2, 0.25) is 0 Å². The van der Waals surface area contributed by atoms with Gasteiger partial charge in [0.15, 0.2) is 6.10 Å². The Labute approximate surface area is 132 Å². The lowest BCUT2D eigenvalue weighted by atomic mass is 10.0. The molecule has 128 valence electrons. The molecule has 1 heterocycles. The fourth-order valence-corrected chi connectivity index (χ4v) is 2.74. The smallest absolute Gasteiger partial charge is 0.418 e. The van der Waals surface area contributed by atoms with E-state index >= 15 is 0 Å². The Kier molecular flexibility index (Phi) is 5.21. The Morgan fingerprint density at radius 3 is 2.43 bits per heavy atom. The minimum atomic E-state index is -4.75. The number of aliphatic hydroxyl groups is 1. The summed E-state index contributed by atoms with van der Waals surface area (Å²) in [4.78, 5) is 4.96. The van der Waals surface area contributed by atoms with Crippen molar-refractivity contribution in [1.82, 2.24) is 9.88 Å². The lowest BCUT2D eigenvalue weighted by Crippen LogP contribution is -2.25. The van der Waals surface area contributed by atoms with Crippen LogP contribution < -0.4 is 0 Å². The van der Waals surface area contributed by atoms with Gasteiger partial charge in [-0.15, -0.1) is 0 Å². The Hall–Kier alpha value is -1.73. The van der Waals surface area contributed by atoms with Gasteiger partial charge in [0.1, 0.15) is 5.75 Å². The van der Waals surface area contributed by atoms with E-state index in [1.54, 1.807) is 6.20 Å². The van der Waals surface area contributed by atoms with E-state index in [0.29, 0.717) is 11.8 Å². The van der Waals surface area contributed by atoms with Gasteiger partial charge in [-0.2, -0.15) is 13.2 Å². The molecule has 0 aliphatic rings. The number of aromatic nitrogens is 1. The molecule has 3 N–H and O–H groups in total. The van der Waals surface area contributed by atoms with Crippen LogP contribution in [0.5, 0.6) is 5.75 Å². The van der Waals surface area contributed by atoms with Crippen LogP contribution >= 0.6 is 0 Å². The number of rotatable bonds is 6. The minimum absolute atomic E-state index is 0.0890. The zero-order valence-corrected chi connectivity index (χ0v) is 13.1. The summed E-state index contributed by atoms with van der Waals surface area (Å²) < 4.78 is 38.3. The van der Waals surface area contributed by atoms with Crippen LogP contribution in [0.4, 0.5) is 13.2 Å². The topological polar surface area (TPSA) is 59.5 Å². The molecule has 0 bridgehead atoms. The summed E-state index contributed by atoms with van der Waals surface area (Å²) >= 11 is 0. The number of hydrogen-bond acceptors (Lipinski definition) is 3. The highest BCUT2D eigenvalue weighted by Gasteiger charge is 2.40. The van der Waals surface area contributed by atoms with Gasteiger partial charge in [0.2, 0.25) is 0 Å². The van der Waals surface area contributed by atoms with Crippen molar-refractivity contribution >= 4 is 10.9 Å². The summed E-state index contributed by atoms with van der Waals surface area (Å²) in [5.41, 5.74) is 0.587. The summed E-state index contributed by atoms with van der Waals surface area (Å²) in [5, 5.41) is 19.9. The first-order valence-electron chi connectivity index (χ1n) is 7.58. The van der Waals surface area contributed by atoms with Crippen molar-refractivity contribution in [2.24, 2.45) is 0 Å². The summed E-state index contributed by atoms with van der Waals surface area (Å²) in [6, 6.07) is 2.29. The van der Waals surface area contributed by atoms with Gasteiger partial charge in [-0.1, -0.05) is 19.9 Å². The molecule has 7 heteroatoms. The van der Waals surface area contributed by atoms with Gasteiger partial charge in [0.05, 0.1) is 5.52 Å². The third-order valence-electron chi connectivity index (χ3n) is 4.12. The van der Waals surface area contributed by atoms with Gasteiger partial charge in [-0.05, 0) is 31.1 Å². The SMILES string of the molecule is CCN(CC)CCc1c[nH]c2c(C(O)C(F)(F)F)ccc(O)c12. The fraction of sp³-hybridized carbons (Fsp3) is 0.500. The van der Waals surface area contributed by atoms with Crippen molar-refractivity contribution in [3.8, 4) is 5.75 Å². The molecule has 0 amide bonds. The van der Waals surface area contributed by atoms with Crippen molar-refractivity contribution < 1.29 is 23.4 Å². The van der Waals surface area contributed by atoms with Crippen molar-refractivity contribution in [3.05, 3.63) is 29.5 Å². The van der Waals surface area contributed by atoms with Crippen LogP contribution in [0.15, 0.2) is 18.3 Å². The number of fused-ring (bicyclic) bond motifs is 1. The maximum absolute atomic E-state index is 12.8. The van der Waals surface area contributed by atoms with E-state index in [-0.39, 0.29) is 16.8 Å². The number of halogens is 3. The number of nitrogens with one attached hydrogen (secondary N) is 1. The zero-order valence-electron chi connectivity index (χ0n) is 13.1. The largest absolute Gasteiger partial charge is 0.507 e. The quantitative estimate of drug-likeness (QED) is 0.761. The Morgan fingerprint density at radius 2 is 1.87 bits per heavy atom. The minimum Gasteiger partial charge on any atom is -0.507 e. The number of alkyl halides is 3. The number of phenolic OH excluding ortho intramolecular Hbond substituents is 1. The molecule has 0 saturated heterocycles. The van der Waals surface area contributed by atoms with Crippen LogP contribution in [-0.4, -0.2) is 45.9 Å². The molecule has 0 fully saturated rings. The van der Waals surface area contributed by atoms with Crippen LogP contribution in [-0.2, 0) is 6.42 Å². The van der Waals surface area contributed by atoms with Crippen LogP contribution in [0.1, 0.15) is 31.1 Å². The monoisotopic (exact) mass is 330 g/mol. The lowest BCUT2D eigenvalue weighted by Gasteiger charge is -2.18. The van der Waals surface area contributed by atoms with Crippen molar-refractivity contribution in [1.29, 1.82) is 0 Å². The average molecular weight is 330 g/mol. The van der Waals surface area contributed by atoms with Crippen molar-refractivity contribution in [2.45, 2.75) is 32.5 Å². The van der Waals surface area contributed by atoms with Gasteiger partial charge < -0.3 is 20.1 Å². The van der Waals surface area contributed by atoms with Gasteiger partial charge in [-0.3, -0.25) is 0 Å². The fourth-order valence-electron chi connectivity index (χ4n) is 2.74. The highest BCUT2D eigenvalue weighted by atomic mass is 19.4. The van der Waals surface area contributed by atoms with Gasteiger partial charge in [0, 0.05) is 23.7 Å². The number of aromatic hydroxyl groups is 1. The first kappa shape index (κ1) is 17.6. The molecule has 0 radical (unpaired) electrons. The lowest BCUT2D eigenvalue weighted by molar-refractivity contribution is -0.206. The zero-order chi connectivity index (χ0) is 17.2. The van der Waals surface area contributed by atoms with E-state index in [4.69, 9.17) is 0 Å².